The van der Waals surface area contributed by atoms with Crippen LogP contribution >= 0.6 is 0 Å². The molecule has 0 rings (SSSR count). The van der Waals surface area contributed by atoms with Gasteiger partial charge in [-0.15, -0.1) is 0 Å². The summed E-state index contributed by atoms with van der Waals surface area (Å²) in [5, 5.41) is 8.14. The molecule has 0 radical (unpaired) electrons. The SMILES string of the molecule is CCCCCC(=O)O.CCCCCCC. The summed E-state index contributed by atoms with van der Waals surface area (Å²) in [5.41, 5.74) is 0. The lowest BCUT2D eigenvalue weighted by Crippen LogP contribution is -1.92. The Bertz CT molecular complexity index is 118. The van der Waals surface area contributed by atoms with Gasteiger partial charge in [0, 0.05) is 6.42 Å². The van der Waals surface area contributed by atoms with Gasteiger partial charge in [0.2, 0.25) is 0 Å². The third-order valence-corrected chi connectivity index (χ3v) is 2.20. The number of carbonyl (C=O) groups is 1. The van der Waals surface area contributed by atoms with Gasteiger partial charge < -0.3 is 5.11 Å². The molecule has 0 saturated carbocycles. The fourth-order valence-corrected chi connectivity index (χ4v) is 1.20. The zero-order valence-electron chi connectivity index (χ0n) is 10.7. The van der Waals surface area contributed by atoms with Crippen LogP contribution < -0.4 is 0 Å². The van der Waals surface area contributed by atoms with E-state index < -0.39 is 5.97 Å². The summed E-state index contributed by atoms with van der Waals surface area (Å²) < 4.78 is 0. The molecule has 0 atom stereocenters. The summed E-state index contributed by atoms with van der Waals surface area (Å²) in [4.78, 5) is 9.87. The number of carboxylic acids is 1. The smallest absolute Gasteiger partial charge is 0.303 e. The average Bonchev–Trinajstić information content (AvgIpc) is 2.20. The van der Waals surface area contributed by atoms with E-state index in [0.29, 0.717) is 6.42 Å². The van der Waals surface area contributed by atoms with Crippen LogP contribution in [0.5, 0.6) is 0 Å². The predicted molar refractivity (Wildman–Crippen MR) is 66.2 cm³/mol. The molecule has 2 nitrogen and oxygen atoms in total. The van der Waals surface area contributed by atoms with Crippen LogP contribution in [0.25, 0.3) is 0 Å². The van der Waals surface area contributed by atoms with Gasteiger partial charge in [0.25, 0.3) is 0 Å². The van der Waals surface area contributed by atoms with E-state index in [1.165, 1.54) is 32.1 Å². The molecule has 1 N–H and O–H groups in total. The molecule has 92 valence electrons. The molecule has 0 unspecified atom stereocenters. The number of hydrogen-bond acceptors (Lipinski definition) is 1. The van der Waals surface area contributed by atoms with Gasteiger partial charge in [-0.1, -0.05) is 65.7 Å². The highest BCUT2D eigenvalue weighted by Gasteiger charge is 1.92. The standard InChI is InChI=1S/C7H16.C6H12O2/c1-3-5-7-6-4-2;1-2-3-4-5-6(7)8/h3-7H2,1-2H3;2-5H2,1H3,(H,7,8). The molecule has 0 aliphatic heterocycles. The molecule has 0 saturated heterocycles. The second-order valence-corrected chi connectivity index (χ2v) is 3.91. The van der Waals surface area contributed by atoms with Crippen LogP contribution in [0.15, 0.2) is 0 Å². The summed E-state index contributed by atoms with van der Waals surface area (Å²) in [5.74, 6) is -0.682. The van der Waals surface area contributed by atoms with Crippen LogP contribution in [0.4, 0.5) is 0 Å². The number of hydrogen-bond donors (Lipinski definition) is 1. The third kappa shape index (κ3) is 24.7. The quantitative estimate of drug-likeness (QED) is 0.601. The van der Waals surface area contributed by atoms with Gasteiger partial charge in [-0.25, -0.2) is 0 Å². The summed E-state index contributed by atoms with van der Waals surface area (Å²) in [6.07, 6.45) is 10.3. The summed E-state index contributed by atoms with van der Waals surface area (Å²) in [7, 11) is 0. The van der Waals surface area contributed by atoms with E-state index in [2.05, 4.69) is 20.8 Å². The van der Waals surface area contributed by atoms with Gasteiger partial charge in [0.1, 0.15) is 0 Å². The minimum Gasteiger partial charge on any atom is -0.481 e. The van der Waals surface area contributed by atoms with E-state index in [-0.39, 0.29) is 0 Å². The minimum absolute atomic E-state index is 0.327. The van der Waals surface area contributed by atoms with E-state index in [9.17, 15) is 4.79 Å². The first kappa shape index (κ1) is 16.9. The Hall–Kier alpha value is -0.530. The maximum absolute atomic E-state index is 9.87. The molecule has 2 heteroatoms. The van der Waals surface area contributed by atoms with E-state index in [1.54, 1.807) is 0 Å². The van der Waals surface area contributed by atoms with Crippen molar-refractivity contribution < 1.29 is 9.90 Å². The van der Waals surface area contributed by atoms with Crippen molar-refractivity contribution in [1.82, 2.24) is 0 Å². The zero-order chi connectivity index (χ0) is 11.9. The first-order chi connectivity index (χ1) is 7.18. The van der Waals surface area contributed by atoms with Crippen LogP contribution in [0, 0.1) is 0 Å². The summed E-state index contributed by atoms with van der Waals surface area (Å²) in [6.45, 7) is 6.55. The Kier molecular flexibility index (Phi) is 17.9. The number of aliphatic carboxylic acids is 1. The number of rotatable bonds is 8. The largest absolute Gasteiger partial charge is 0.481 e. The molecule has 0 amide bonds. The van der Waals surface area contributed by atoms with Crippen LogP contribution in [0.2, 0.25) is 0 Å². The van der Waals surface area contributed by atoms with Crippen LogP contribution in [-0.2, 0) is 4.79 Å². The molecule has 0 aromatic carbocycles. The highest BCUT2D eigenvalue weighted by atomic mass is 16.4. The monoisotopic (exact) mass is 216 g/mol. The van der Waals surface area contributed by atoms with Gasteiger partial charge in [0.05, 0.1) is 0 Å². The molecular formula is C13H28O2. The highest BCUT2D eigenvalue weighted by Crippen LogP contribution is 2.00. The van der Waals surface area contributed by atoms with Gasteiger partial charge in [-0.3, -0.25) is 4.79 Å². The molecule has 0 aliphatic rings. The zero-order valence-corrected chi connectivity index (χ0v) is 10.7. The molecule has 0 fully saturated rings. The van der Waals surface area contributed by atoms with Crippen molar-refractivity contribution in [1.29, 1.82) is 0 Å². The van der Waals surface area contributed by atoms with Gasteiger partial charge in [-0.2, -0.15) is 0 Å². The first-order valence-corrected chi connectivity index (χ1v) is 6.40. The van der Waals surface area contributed by atoms with E-state index in [0.717, 1.165) is 19.3 Å². The molecule has 0 aromatic heterocycles. The van der Waals surface area contributed by atoms with Crippen molar-refractivity contribution in [2.24, 2.45) is 0 Å². The summed E-state index contributed by atoms with van der Waals surface area (Å²) in [6, 6.07) is 0. The number of unbranched alkanes of at least 4 members (excludes halogenated alkanes) is 6. The molecule has 0 bridgehead atoms. The molecule has 0 aliphatic carbocycles. The Balaban J connectivity index is 0. The minimum atomic E-state index is -0.682. The van der Waals surface area contributed by atoms with E-state index >= 15 is 0 Å². The van der Waals surface area contributed by atoms with Crippen molar-refractivity contribution in [2.75, 3.05) is 0 Å². The fraction of sp³-hybridized carbons (Fsp3) is 0.923. The molecule has 0 spiro atoms. The Morgan fingerprint density at radius 3 is 1.53 bits per heavy atom. The Morgan fingerprint density at radius 1 is 0.800 bits per heavy atom. The predicted octanol–water partition coefficient (Wildman–Crippen LogP) is 4.63. The lowest BCUT2D eigenvalue weighted by atomic mass is 10.2. The molecule has 0 heterocycles. The topological polar surface area (TPSA) is 37.3 Å². The van der Waals surface area contributed by atoms with Crippen LogP contribution in [-0.4, -0.2) is 11.1 Å². The summed E-state index contributed by atoms with van der Waals surface area (Å²) >= 11 is 0. The van der Waals surface area contributed by atoms with Crippen LogP contribution in [0.3, 0.4) is 0 Å². The van der Waals surface area contributed by atoms with Crippen LogP contribution in [0.1, 0.15) is 78.6 Å². The normalized spacial score (nSPS) is 9.27. The third-order valence-electron chi connectivity index (χ3n) is 2.20. The van der Waals surface area contributed by atoms with E-state index in [4.69, 9.17) is 5.11 Å². The lowest BCUT2D eigenvalue weighted by molar-refractivity contribution is -0.137. The molecular weight excluding hydrogens is 188 g/mol. The Labute approximate surface area is 95.1 Å². The maximum Gasteiger partial charge on any atom is 0.303 e. The second-order valence-electron chi connectivity index (χ2n) is 3.91. The van der Waals surface area contributed by atoms with Gasteiger partial charge in [-0.05, 0) is 6.42 Å². The second kappa shape index (κ2) is 15.9. The van der Waals surface area contributed by atoms with Crippen molar-refractivity contribution in [3.63, 3.8) is 0 Å². The lowest BCUT2D eigenvalue weighted by Gasteiger charge is -1.90. The van der Waals surface area contributed by atoms with Gasteiger partial charge in [0.15, 0.2) is 0 Å². The first-order valence-electron chi connectivity index (χ1n) is 6.40. The average molecular weight is 216 g/mol. The van der Waals surface area contributed by atoms with E-state index in [1.807, 2.05) is 0 Å². The molecule has 0 aromatic rings. The van der Waals surface area contributed by atoms with Gasteiger partial charge >= 0.3 is 5.97 Å². The van der Waals surface area contributed by atoms with Crippen molar-refractivity contribution >= 4 is 5.97 Å². The highest BCUT2D eigenvalue weighted by molar-refractivity contribution is 5.66. The van der Waals surface area contributed by atoms with Crippen molar-refractivity contribution in [3.05, 3.63) is 0 Å². The molecule has 15 heavy (non-hydrogen) atoms. The number of carboxylic acid groups (broad SMARTS) is 1. The maximum atomic E-state index is 9.87. The van der Waals surface area contributed by atoms with Crippen molar-refractivity contribution in [3.8, 4) is 0 Å². The fourth-order valence-electron chi connectivity index (χ4n) is 1.20. The van der Waals surface area contributed by atoms with Crippen molar-refractivity contribution in [2.45, 2.75) is 78.6 Å². The Morgan fingerprint density at radius 2 is 1.20 bits per heavy atom.